The Hall–Kier alpha value is -3.11. The molecule has 1 amide bonds. The fourth-order valence-electron chi connectivity index (χ4n) is 2.45. The van der Waals surface area contributed by atoms with Crippen LogP contribution in [-0.4, -0.2) is 12.1 Å². The van der Waals surface area contributed by atoms with Gasteiger partial charge in [0.25, 0.3) is 5.91 Å². The molecule has 0 aromatic heterocycles. The maximum atomic E-state index is 12.1. The van der Waals surface area contributed by atoms with Gasteiger partial charge >= 0.3 is 0 Å². The average Bonchev–Trinajstić information content (AvgIpc) is 2.69. The SMILES string of the molecule is Cc1ccccc1C(=O)N/N=C/c1ccc(OCc2ccc(Cl)cc2)cc1. The van der Waals surface area contributed by atoms with Crippen molar-refractivity contribution in [2.24, 2.45) is 5.10 Å². The molecule has 0 aliphatic carbocycles. The van der Waals surface area contributed by atoms with E-state index in [-0.39, 0.29) is 5.91 Å². The summed E-state index contributed by atoms with van der Waals surface area (Å²) >= 11 is 5.87. The molecule has 3 aromatic rings. The first-order valence-electron chi connectivity index (χ1n) is 8.48. The summed E-state index contributed by atoms with van der Waals surface area (Å²) in [7, 11) is 0. The first-order valence-corrected chi connectivity index (χ1v) is 8.86. The normalized spacial score (nSPS) is 10.7. The zero-order valence-corrected chi connectivity index (χ0v) is 15.6. The molecule has 0 aliphatic rings. The maximum absolute atomic E-state index is 12.1. The third kappa shape index (κ3) is 5.43. The molecule has 0 heterocycles. The molecule has 5 heteroatoms. The number of rotatable bonds is 6. The molecule has 0 atom stereocenters. The Morgan fingerprint density at radius 3 is 2.44 bits per heavy atom. The number of nitrogens with one attached hydrogen (secondary N) is 1. The summed E-state index contributed by atoms with van der Waals surface area (Å²) in [5.74, 6) is 0.526. The Kier molecular flexibility index (Phi) is 6.23. The lowest BCUT2D eigenvalue weighted by atomic mass is 10.1. The molecule has 0 radical (unpaired) electrons. The second-order valence-electron chi connectivity index (χ2n) is 6.00. The van der Waals surface area contributed by atoms with Crippen molar-refractivity contribution in [1.29, 1.82) is 0 Å². The van der Waals surface area contributed by atoms with Crippen molar-refractivity contribution in [3.63, 3.8) is 0 Å². The van der Waals surface area contributed by atoms with Crippen LogP contribution >= 0.6 is 11.6 Å². The largest absolute Gasteiger partial charge is 0.489 e. The highest BCUT2D eigenvalue weighted by Gasteiger charge is 2.06. The van der Waals surface area contributed by atoms with E-state index in [1.165, 1.54) is 0 Å². The van der Waals surface area contributed by atoms with Crippen LogP contribution in [0, 0.1) is 6.92 Å². The molecule has 3 rings (SSSR count). The minimum atomic E-state index is -0.229. The molecule has 1 N–H and O–H groups in total. The smallest absolute Gasteiger partial charge is 0.271 e. The van der Waals surface area contributed by atoms with E-state index in [1.807, 2.05) is 73.7 Å². The summed E-state index contributed by atoms with van der Waals surface area (Å²) in [6.45, 7) is 2.36. The fourth-order valence-corrected chi connectivity index (χ4v) is 2.58. The van der Waals surface area contributed by atoms with Gasteiger partial charge in [-0.25, -0.2) is 5.43 Å². The lowest BCUT2D eigenvalue weighted by Crippen LogP contribution is -2.18. The Labute approximate surface area is 163 Å². The van der Waals surface area contributed by atoms with Crippen LogP contribution in [0.4, 0.5) is 0 Å². The van der Waals surface area contributed by atoms with Gasteiger partial charge in [-0.1, -0.05) is 41.9 Å². The molecule has 0 saturated carbocycles. The van der Waals surface area contributed by atoms with E-state index in [2.05, 4.69) is 10.5 Å². The van der Waals surface area contributed by atoms with Crippen molar-refractivity contribution >= 4 is 23.7 Å². The highest BCUT2D eigenvalue weighted by Crippen LogP contribution is 2.15. The quantitative estimate of drug-likeness (QED) is 0.485. The number of hydrogen-bond donors (Lipinski definition) is 1. The standard InChI is InChI=1S/C22H19ClN2O2/c1-16-4-2-3-5-21(16)22(26)25-24-14-17-8-12-20(13-9-17)27-15-18-6-10-19(23)11-7-18/h2-14H,15H2,1H3,(H,25,26)/b24-14+. The first kappa shape index (κ1) is 18.7. The van der Waals surface area contributed by atoms with E-state index >= 15 is 0 Å². The van der Waals surface area contributed by atoms with Gasteiger partial charge in [0.2, 0.25) is 0 Å². The van der Waals surface area contributed by atoms with Crippen LogP contribution in [0.1, 0.15) is 27.0 Å². The third-order valence-electron chi connectivity index (χ3n) is 3.97. The fraction of sp³-hybridized carbons (Fsp3) is 0.0909. The monoisotopic (exact) mass is 378 g/mol. The van der Waals surface area contributed by atoms with Crippen LogP contribution in [-0.2, 0) is 6.61 Å². The summed E-state index contributed by atoms with van der Waals surface area (Å²) < 4.78 is 5.74. The minimum Gasteiger partial charge on any atom is -0.489 e. The summed E-state index contributed by atoms with van der Waals surface area (Å²) in [6, 6.07) is 22.4. The average molecular weight is 379 g/mol. The zero-order chi connectivity index (χ0) is 19.1. The van der Waals surface area contributed by atoms with E-state index in [9.17, 15) is 4.79 Å². The molecule has 3 aromatic carbocycles. The number of benzene rings is 3. The lowest BCUT2D eigenvalue weighted by molar-refractivity contribution is 0.0954. The topological polar surface area (TPSA) is 50.7 Å². The van der Waals surface area contributed by atoms with E-state index in [0.29, 0.717) is 17.2 Å². The first-order chi connectivity index (χ1) is 13.1. The highest BCUT2D eigenvalue weighted by atomic mass is 35.5. The minimum absolute atomic E-state index is 0.229. The molecule has 0 aliphatic heterocycles. The summed E-state index contributed by atoms with van der Waals surface area (Å²) in [4.78, 5) is 12.1. The van der Waals surface area contributed by atoms with Gasteiger partial charge in [0.1, 0.15) is 12.4 Å². The number of aryl methyl sites for hydroxylation is 1. The van der Waals surface area contributed by atoms with Gasteiger partial charge in [-0.2, -0.15) is 5.10 Å². The van der Waals surface area contributed by atoms with Gasteiger partial charge in [-0.15, -0.1) is 0 Å². The molecule has 0 saturated heterocycles. The number of nitrogens with zero attached hydrogens (tertiary/aromatic N) is 1. The molecule has 136 valence electrons. The van der Waals surface area contributed by atoms with Crippen LogP contribution in [0.2, 0.25) is 5.02 Å². The summed E-state index contributed by atoms with van der Waals surface area (Å²) in [6.07, 6.45) is 1.60. The number of carbonyl (C=O) groups excluding carboxylic acids is 1. The van der Waals surface area contributed by atoms with E-state index < -0.39 is 0 Å². The van der Waals surface area contributed by atoms with Crippen molar-refractivity contribution in [2.75, 3.05) is 0 Å². The molecular formula is C22H19ClN2O2. The maximum Gasteiger partial charge on any atom is 0.271 e. The second-order valence-corrected chi connectivity index (χ2v) is 6.43. The lowest BCUT2D eigenvalue weighted by Gasteiger charge is -2.06. The zero-order valence-electron chi connectivity index (χ0n) is 14.9. The molecule has 27 heavy (non-hydrogen) atoms. The van der Waals surface area contributed by atoms with Crippen LogP contribution in [0.5, 0.6) is 5.75 Å². The van der Waals surface area contributed by atoms with Crippen molar-refractivity contribution in [1.82, 2.24) is 5.43 Å². The molecule has 0 unspecified atom stereocenters. The van der Waals surface area contributed by atoms with Gasteiger partial charge in [0.05, 0.1) is 6.21 Å². The van der Waals surface area contributed by atoms with Crippen LogP contribution in [0.25, 0.3) is 0 Å². The van der Waals surface area contributed by atoms with E-state index in [1.54, 1.807) is 12.3 Å². The summed E-state index contributed by atoms with van der Waals surface area (Å²) in [5, 5.41) is 4.72. The van der Waals surface area contributed by atoms with E-state index in [4.69, 9.17) is 16.3 Å². The van der Waals surface area contributed by atoms with Gasteiger partial charge in [-0.05, 0) is 66.1 Å². The Morgan fingerprint density at radius 1 is 1.04 bits per heavy atom. The number of halogens is 1. The van der Waals surface area contributed by atoms with E-state index in [0.717, 1.165) is 22.4 Å². The molecule has 4 nitrogen and oxygen atoms in total. The van der Waals surface area contributed by atoms with Crippen LogP contribution in [0.3, 0.4) is 0 Å². The van der Waals surface area contributed by atoms with Gasteiger partial charge < -0.3 is 4.74 Å². The van der Waals surface area contributed by atoms with Crippen LogP contribution in [0.15, 0.2) is 77.9 Å². The Bertz CT molecular complexity index is 935. The second kappa shape index (κ2) is 9.01. The van der Waals surface area contributed by atoms with Crippen LogP contribution < -0.4 is 10.2 Å². The predicted octanol–water partition coefficient (Wildman–Crippen LogP) is 4.99. The molecule has 0 fully saturated rings. The van der Waals surface area contributed by atoms with Crippen molar-refractivity contribution < 1.29 is 9.53 Å². The predicted molar refractivity (Wildman–Crippen MR) is 108 cm³/mol. The molecule has 0 bridgehead atoms. The Balaban J connectivity index is 1.52. The number of hydrazone groups is 1. The molecule has 0 spiro atoms. The third-order valence-corrected chi connectivity index (χ3v) is 4.22. The number of carbonyl (C=O) groups is 1. The molecular weight excluding hydrogens is 360 g/mol. The van der Waals surface area contributed by atoms with Gasteiger partial charge in [0.15, 0.2) is 0 Å². The number of hydrogen-bond acceptors (Lipinski definition) is 3. The van der Waals surface area contributed by atoms with Crippen molar-refractivity contribution in [3.05, 3.63) is 100 Å². The van der Waals surface area contributed by atoms with Crippen molar-refractivity contribution in [3.8, 4) is 5.75 Å². The number of amides is 1. The van der Waals surface area contributed by atoms with Gasteiger partial charge in [-0.3, -0.25) is 4.79 Å². The highest BCUT2D eigenvalue weighted by molar-refractivity contribution is 6.30. The van der Waals surface area contributed by atoms with Crippen molar-refractivity contribution in [2.45, 2.75) is 13.5 Å². The number of ether oxygens (including phenoxy) is 1. The summed E-state index contributed by atoms with van der Waals surface area (Å²) in [5.41, 5.74) is 5.97. The Morgan fingerprint density at radius 2 is 1.74 bits per heavy atom. The van der Waals surface area contributed by atoms with Gasteiger partial charge in [0, 0.05) is 10.6 Å².